The molecular weight excluding hydrogens is 252 g/mol. The zero-order chi connectivity index (χ0) is 14.4. The van der Waals surface area contributed by atoms with E-state index in [0.29, 0.717) is 24.6 Å². The van der Waals surface area contributed by atoms with E-state index in [-0.39, 0.29) is 6.61 Å². The van der Waals surface area contributed by atoms with Gasteiger partial charge in [-0.1, -0.05) is 6.42 Å². The molecule has 2 fully saturated rings. The summed E-state index contributed by atoms with van der Waals surface area (Å²) >= 11 is 0. The Morgan fingerprint density at radius 3 is 2.60 bits per heavy atom. The minimum Gasteiger partial charge on any atom is -0.396 e. The number of nitrogens with one attached hydrogen (secondary N) is 1. The molecule has 0 spiro atoms. The molecule has 1 aliphatic carbocycles. The second kappa shape index (κ2) is 8.32. The van der Waals surface area contributed by atoms with E-state index in [9.17, 15) is 5.11 Å². The maximum Gasteiger partial charge on any atom is 0.0443 e. The topological polar surface area (TPSA) is 55.7 Å². The van der Waals surface area contributed by atoms with Crippen molar-refractivity contribution in [3.63, 3.8) is 0 Å². The first-order chi connectivity index (χ1) is 9.74. The molecule has 3 unspecified atom stereocenters. The highest BCUT2D eigenvalue weighted by Crippen LogP contribution is 2.34. The fourth-order valence-corrected chi connectivity index (χ4v) is 3.72. The molecule has 1 saturated carbocycles. The fourth-order valence-electron chi connectivity index (χ4n) is 3.72. The molecule has 1 aliphatic heterocycles. The van der Waals surface area contributed by atoms with Crippen LogP contribution in [0.1, 0.15) is 45.4 Å². The summed E-state index contributed by atoms with van der Waals surface area (Å²) in [6.07, 6.45) is 7.11. The van der Waals surface area contributed by atoms with Gasteiger partial charge >= 0.3 is 0 Å². The third-order valence-electron chi connectivity index (χ3n) is 5.28. The molecule has 0 aromatic carbocycles. The van der Waals surface area contributed by atoms with Gasteiger partial charge in [-0.15, -0.1) is 0 Å². The second-order valence-electron chi connectivity index (χ2n) is 6.73. The highest BCUT2D eigenvalue weighted by molar-refractivity contribution is 4.89. The number of piperidine rings is 1. The molecule has 4 nitrogen and oxygen atoms in total. The van der Waals surface area contributed by atoms with E-state index in [0.717, 1.165) is 38.4 Å². The van der Waals surface area contributed by atoms with E-state index in [1.54, 1.807) is 0 Å². The lowest BCUT2D eigenvalue weighted by Gasteiger charge is -2.45. The molecule has 118 valence electrons. The van der Waals surface area contributed by atoms with Crippen LogP contribution in [0, 0.1) is 11.8 Å². The fraction of sp³-hybridized carbons (Fsp3) is 1.00. The molecule has 1 saturated heterocycles. The van der Waals surface area contributed by atoms with Crippen LogP contribution in [-0.2, 0) is 0 Å². The Bertz CT molecular complexity index is 271. The zero-order valence-electron chi connectivity index (χ0n) is 12.9. The zero-order valence-corrected chi connectivity index (χ0v) is 12.9. The maximum atomic E-state index is 9.24. The molecule has 0 aromatic rings. The van der Waals surface area contributed by atoms with E-state index >= 15 is 0 Å². The molecular formula is C16H32N2O2. The Hall–Kier alpha value is -0.160. The van der Waals surface area contributed by atoms with Gasteiger partial charge in [0.1, 0.15) is 0 Å². The van der Waals surface area contributed by atoms with Crippen molar-refractivity contribution in [1.82, 2.24) is 10.2 Å². The normalized spacial score (nSPS) is 30.1. The van der Waals surface area contributed by atoms with Crippen molar-refractivity contribution < 1.29 is 10.2 Å². The first-order valence-electron chi connectivity index (χ1n) is 8.43. The van der Waals surface area contributed by atoms with E-state index in [1.807, 2.05) is 0 Å². The second-order valence-corrected chi connectivity index (χ2v) is 6.73. The number of aliphatic hydroxyl groups excluding tert-OH is 2. The number of nitrogens with zero attached hydrogens (tertiary/aromatic N) is 1. The summed E-state index contributed by atoms with van der Waals surface area (Å²) in [5, 5.41) is 21.7. The van der Waals surface area contributed by atoms with E-state index < -0.39 is 0 Å². The minimum atomic E-state index is 0.266. The van der Waals surface area contributed by atoms with Crippen LogP contribution in [0.5, 0.6) is 0 Å². The summed E-state index contributed by atoms with van der Waals surface area (Å²) in [7, 11) is 0. The SMILES string of the molecule is CC(C1CCC1)N1CC(CCO)CC(NCCCO)C1. The summed E-state index contributed by atoms with van der Waals surface area (Å²) in [4.78, 5) is 2.64. The molecule has 0 aromatic heterocycles. The Balaban J connectivity index is 1.85. The molecule has 2 rings (SSSR count). The first-order valence-corrected chi connectivity index (χ1v) is 8.43. The van der Waals surface area contributed by atoms with Gasteiger partial charge < -0.3 is 15.5 Å². The Kier molecular flexibility index (Phi) is 6.75. The molecule has 0 amide bonds. The van der Waals surface area contributed by atoms with Crippen LogP contribution in [-0.4, -0.2) is 60.0 Å². The quantitative estimate of drug-likeness (QED) is 0.587. The van der Waals surface area contributed by atoms with Crippen molar-refractivity contribution in [3.05, 3.63) is 0 Å². The average Bonchev–Trinajstić information content (AvgIpc) is 2.37. The van der Waals surface area contributed by atoms with E-state index in [1.165, 1.54) is 25.7 Å². The summed E-state index contributed by atoms with van der Waals surface area (Å²) in [6, 6.07) is 1.21. The average molecular weight is 284 g/mol. The number of likely N-dealkylation sites (tertiary alicyclic amines) is 1. The van der Waals surface area contributed by atoms with E-state index in [2.05, 4.69) is 17.1 Å². The van der Waals surface area contributed by atoms with Gasteiger partial charge in [-0.2, -0.15) is 0 Å². The van der Waals surface area contributed by atoms with Gasteiger partial charge in [0, 0.05) is 38.4 Å². The number of rotatable bonds is 8. The van der Waals surface area contributed by atoms with Crippen molar-refractivity contribution in [2.75, 3.05) is 32.8 Å². The van der Waals surface area contributed by atoms with Crippen molar-refractivity contribution in [2.45, 2.75) is 57.5 Å². The standard InChI is InChI=1S/C16H32N2O2/c1-13(15-4-2-5-15)18-11-14(6-9-20)10-16(12-18)17-7-3-8-19/h13-17,19-20H,2-12H2,1H3. The monoisotopic (exact) mass is 284 g/mol. The minimum absolute atomic E-state index is 0.266. The predicted molar refractivity (Wildman–Crippen MR) is 81.7 cm³/mol. The van der Waals surface area contributed by atoms with Gasteiger partial charge in [0.2, 0.25) is 0 Å². The van der Waals surface area contributed by atoms with Crippen LogP contribution < -0.4 is 5.32 Å². The van der Waals surface area contributed by atoms with Crippen molar-refractivity contribution in [3.8, 4) is 0 Å². The van der Waals surface area contributed by atoms with Gasteiger partial charge in [0.05, 0.1) is 0 Å². The van der Waals surface area contributed by atoms with Crippen LogP contribution in [0.4, 0.5) is 0 Å². The van der Waals surface area contributed by atoms with Crippen LogP contribution in [0.3, 0.4) is 0 Å². The smallest absolute Gasteiger partial charge is 0.0443 e. The molecule has 3 atom stereocenters. The molecule has 2 aliphatic rings. The van der Waals surface area contributed by atoms with Gasteiger partial charge in [-0.25, -0.2) is 0 Å². The highest BCUT2D eigenvalue weighted by Gasteiger charge is 2.34. The molecule has 20 heavy (non-hydrogen) atoms. The lowest BCUT2D eigenvalue weighted by molar-refractivity contribution is 0.0447. The Morgan fingerprint density at radius 1 is 1.20 bits per heavy atom. The summed E-state index contributed by atoms with van der Waals surface area (Å²) < 4.78 is 0. The van der Waals surface area contributed by atoms with Crippen LogP contribution in [0.2, 0.25) is 0 Å². The number of hydrogen-bond donors (Lipinski definition) is 3. The predicted octanol–water partition coefficient (Wildman–Crippen LogP) is 1.22. The maximum absolute atomic E-state index is 9.24. The van der Waals surface area contributed by atoms with Crippen LogP contribution in [0.15, 0.2) is 0 Å². The number of aliphatic hydroxyl groups is 2. The van der Waals surface area contributed by atoms with Crippen molar-refractivity contribution in [1.29, 1.82) is 0 Å². The summed E-state index contributed by atoms with van der Waals surface area (Å²) in [6.45, 7) is 6.14. The Labute approximate surface area is 123 Å². The third kappa shape index (κ3) is 4.42. The summed E-state index contributed by atoms with van der Waals surface area (Å²) in [5.41, 5.74) is 0. The summed E-state index contributed by atoms with van der Waals surface area (Å²) in [5.74, 6) is 1.50. The molecule has 4 heteroatoms. The van der Waals surface area contributed by atoms with Crippen molar-refractivity contribution in [2.24, 2.45) is 11.8 Å². The van der Waals surface area contributed by atoms with Gasteiger partial charge in [-0.3, -0.25) is 4.90 Å². The molecule has 3 N–H and O–H groups in total. The van der Waals surface area contributed by atoms with Gasteiger partial charge in [0.15, 0.2) is 0 Å². The number of hydrogen-bond acceptors (Lipinski definition) is 4. The third-order valence-corrected chi connectivity index (χ3v) is 5.28. The lowest BCUT2D eigenvalue weighted by atomic mass is 9.78. The van der Waals surface area contributed by atoms with Crippen LogP contribution >= 0.6 is 0 Å². The van der Waals surface area contributed by atoms with Gasteiger partial charge in [0.25, 0.3) is 0 Å². The van der Waals surface area contributed by atoms with Gasteiger partial charge in [-0.05, 0) is 57.4 Å². The van der Waals surface area contributed by atoms with Crippen LogP contribution in [0.25, 0.3) is 0 Å². The lowest BCUT2D eigenvalue weighted by Crippen LogP contribution is -2.54. The Morgan fingerprint density at radius 2 is 2.00 bits per heavy atom. The molecule has 0 radical (unpaired) electrons. The first kappa shape index (κ1) is 16.2. The van der Waals surface area contributed by atoms with Crippen molar-refractivity contribution >= 4 is 0 Å². The molecule has 1 heterocycles. The largest absolute Gasteiger partial charge is 0.396 e. The highest BCUT2D eigenvalue weighted by atomic mass is 16.3. The van der Waals surface area contributed by atoms with E-state index in [4.69, 9.17) is 5.11 Å². The molecule has 0 bridgehead atoms.